The lowest BCUT2D eigenvalue weighted by Gasteiger charge is -2.45. The summed E-state index contributed by atoms with van der Waals surface area (Å²) < 4.78 is 0. The van der Waals surface area contributed by atoms with Gasteiger partial charge in [-0.3, -0.25) is 0 Å². The molecule has 0 atom stereocenters. The van der Waals surface area contributed by atoms with Crippen LogP contribution in [0, 0.1) is 0 Å². The maximum Gasteiger partial charge on any atom is 0.252 e. The minimum Gasteiger partial charge on any atom is -0.311 e. The molecule has 2 aliphatic heterocycles. The van der Waals surface area contributed by atoms with Gasteiger partial charge in [0.15, 0.2) is 0 Å². The van der Waals surface area contributed by atoms with Gasteiger partial charge >= 0.3 is 0 Å². The van der Waals surface area contributed by atoms with Gasteiger partial charge < -0.3 is 14.7 Å². The Morgan fingerprint density at radius 1 is 0.330 bits per heavy atom. The van der Waals surface area contributed by atoms with E-state index in [9.17, 15) is 0 Å². The summed E-state index contributed by atoms with van der Waals surface area (Å²) in [5.74, 6) is 0. The highest BCUT2D eigenvalue weighted by molar-refractivity contribution is 7.00. The Morgan fingerprint density at radius 3 is 1.52 bits per heavy atom. The highest BCUT2D eigenvalue weighted by Gasteiger charge is 2.46. The van der Waals surface area contributed by atoms with E-state index in [0.29, 0.717) is 0 Å². The van der Waals surface area contributed by atoms with Crippen LogP contribution < -0.4 is 31.1 Å². The van der Waals surface area contributed by atoms with Crippen LogP contribution in [0.1, 0.15) is 129 Å². The second-order valence-corrected chi connectivity index (χ2v) is 29.4. The van der Waals surface area contributed by atoms with Crippen molar-refractivity contribution >= 4 is 74.3 Å². The van der Waals surface area contributed by atoms with E-state index in [4.69, 9.17) is 0 Å². The summed E-state index contributed by atoms with van der Waals surface area (Å²) >= 11 is 0. The van der Waals surface area contributed by atoms with Crippen molar-refractivity contribution in [3.8, 4) is 44.5 Å². The lowest BCUT2D eigenvalue weighted by atomic mass is 9.33. The van der Waals surface area contributed by atoms with Crippen molar-refractivity contribution in [2.75, 3.05) is 14.7 Å². The standard InChI is InChI=1S/C84H78BN3/c1-80(2,3)55-35-39-58(40-36-55)86(73-33-22-19-26-62(73)53-24-15-14-16-25-53)61-44-46-71-75(52-61)88(60-43-45-65-64-27-17-20-30-67(64)84(12,13)70(65)51-60)77-50-57(82(7,8)9)49-76-79(77)85(71)72-48-54(34-47-74(72)87(76)59-41-37-56(38-42-59)81(4,5)6)63-29-23-32-69-78(63)66-28-18-21-31-68(66)83(69,10)11/h14-52H,1-13H3. The molecule has 4 aliphatic rings. The Labute approximate surface area is 523 Å². The molecule has 2 aliphatic carbocycles. The van der Waals surface area contributed by atoms with Crippen molar-refractivity contribution < 1.29 is 0 Å². The number of fused-ring (bicyclic) bond motifs is 10. The molecular formula is C84H78BN3. The fourth-order valence-electron chi connectivity index (χ4n) is 15.3. The van der Waals surface area contributed by atoms with Gasteiger partial charge in [0.05, 0.1) is 5.69 Å². The molecule has 0 N–H and O–H groups in total. The van der Waals surface area contributed by atoms with E-state index < -0.39 is 0 Å². The molecule has 88 heavy (non-hydrogen) atoms. The normalized spacial score (nSPS) is 14.8. The lowest BCUT2D eigenvalue weighted by Crippen LogP contribution is -2.61. The molecule has 0 saturated heterocycles. The largest absolute Gasteiger partial charge is 0.311 e. The summed E-state index contributed by atoms with van der Waals surface area (Å²) in [7, 11) is 0. The molecule has 15 rings (SSSR count). The maximum absolute atomic E-state index is 2.66. The van der Waals surface area contributed by atoms with Crippen molar-refractivity contribution in [2.45, 2.75) is 117 Å². The molecular weight excluding hydrogens is 1060 g/mol. The Hall–Kier alpha value is -9.12. The number of hydrogen-bond acceptors (Lipinski definition) is 3. The first-order valence-corrected chi connectivity index (χ1v) is 31.8. The number of anilines is 9. The maximum atomic E-state index is 2.66. The molecule has 0 amide bonds. The molecule has 0 fully saturated rings. The van der Waals surface area contributed by atoms with E-state index in [1.165, 1.54) is 123 Å². The van der Waals surface area contributed by atoms with Gasteiger partial charge in [0.1, 0.15) is 0 Å². The van der Waals surface area contributed by atoms with Crippen LogP contribution in [0.4, 0.5) is 51.2 Å². The Morgan fingerprint density at radius 2 is 0.852 bits per heavy atom. The summed E-state index contributed by atoms with van der Waals surface area (Å²) in [6.07, 6.45) is 0. The summed E-state index contributed by atoms with van der Waals surface area (Å²) in [6.45, 7) is 30.5. The predicted octanol–water partition coefficient (Wildman–Crippen LogP) is 21.1. The minimum absolute atomic E-state index is 0.00326. The molecule has 0 saturated carbocycles. The molecule has 0 unspecified atom stereocenters. The number of hydrogen-bond donors (Lipinski definition) is 0. The van der Waals surface area contributed by atoms with Crippen LogP contribution in [-0.2, 0) is 27.1 Å². The third-order valence-electron chi connectivity index (χ3n) is 20.1. The molecule has 3 nitrogen and oxygen atoms in total. The average molecular weight is 1140 g/mol. The molecule has 0 aromatic heterocycles. The monoisotopic (exact) mass is 1140 g/mol. The minimum atomic E-state index is -0.215. The van der Waals surface area contributed by atoms with Crippen molar-refractivity contribution in [3.05, 3.63) is 276 Å². The van der Waals surface area contributed by atoms with Gasteiger partial charge in [0.2, 0.25) is 0 Å². The van der Waals surface area contributed by atoms with E-state index in [1.807, 2.05) is 0 Å². The fourth-order valence-corrected chi connectivity index (χ4v) is 15.3. The van der Waals surface area contributed by atoms with Gasteiger partial charge in [0, 0.05) is 61.9 Å². The summed E-state index contributed by atoms with van der Waals surface area (Å²) in [4.78, 5) is 7.77. The highest BCUT2D eigenvalue weighted by Crippen LogP contribution is 2.55. The first-order chi connectivity index (χ1) is 42.1. The SMILES string of the molecule is CC(C)(C)c1ccc(N(c2ccc3c(c2)N(c2ccc4c(c2)C(C)(C)c2ccccc2-4)c2cc(C(C)(C)C)cc4c2B3c2cc(-c3cccc5c3-c3ccccc3C5(C)C)ccc2N4c2ccc(C(C)(C)C)cc2)c2ccccc2-c2ccccc2)cc1. The van der Waals surface area contributed by atoms with Gasteiger partial charge in [-0.1, -0.05) is 254 Å². The highest BCUT2D eigenvalue weighted by atomic mass is 15.2. The van der Waals surface area contributed by atoms with Gasteiger partial charge in [-0.05, 0) is 183 Å². The Balaban J connectivity index is 1.04. The van der Waals surface area contributed by atoms with Gasteiger partial charge in [-0.15, -0.1) is 0 Å². The number of rotatable bonds is 7. The van der Waals surface area contributed by atoms with Crippen molar-refractivity contribution in [1.29, 1.82) is 0 Å². The number of nitrogens with zero attached hydrogens (tertiary/aromatic N) is 3. The second-order valence-electron chi connectivity index (χ2n) is 29.4. The van der Waals surface area contributed by atoms with Crippen molar-refractivity contribution in [3.63, 3.8) is 0 Å². The van der Waals surface area contributed by atoms with Crippen LogP contribution >= 0.6 is 0 Å². The molecule has 432 valence electrons. The van der Waals surface area contributed by atoms with E-state index in [2.05, 4.69) is 341 Å². The van der Waals surface area contributed by atoms with E-state index in [0.717, 1.165) is 28.4 Å². The molecule has 2 heterocycles. The average Bonchev–Trinajstić information content (AvgIpc) is 0.757. The zero-order valence-electron chi connectivity index (χ0n) is 53.4. The van der Waals surface area contributed by atoms with Crippen LogP contribution in [0.5, 0.6) is 0 Å². The number of benzene rings is 11. The molecule has 0 spiro atoms. The molecule has 11 aromatic carbocycles. The van der Waals surface area contributed by atoms with E-state index in [-0.39, 0.29) is 33.8 Å². The summed E-state index contributed by atoms with van der Waals surface area (Å²) in [5, 5.41) is 0. The fraction of sp³-hybridized carbons (Fsp3) is 0.214. The van der Waals surface area contributed by atoms with Crippen molar-refractivity contribution in [1.82, 2.24) is 0 Å². The van der Waals surface area contributed by atoms with Crippen LogP contribution in [0.3, 0.4) is 0 Å². The third kappa shape index (κ3) is 8.60. The van der Waals surface area contributed by atoms with Gasteiger partial charge in [-0.25, -0.2) is 0 Å². The molecule has 4 heteroatoms. The first-order valence-electron chi connectivity index (χ1n) is 31.8. The molecule has 0 bridgehead atoms. The zero-order chi connectivity index (χ0) is 61.0. The predicted molar refractivity (Wildman–Crippen MR) is 377 cm³/mol. The van der Waals surface area contributed by atoms with Gasteiger partial charge in [0.25, 0.3) is 6.71 Å². The van der Waals surface area contributed by atoms with Crippen LogP contribution in [0.2, 0.25) is 0 Å². The number of para-hydroxylation sites is 1. The van der Waals surface area contributed by atoms with Crippen molar-refractivity contribution in [2.24, 2.45) is 0 Å². The Bertz CT molecular complexity index is 4620. The Kier molecular flexibility index (Phi) is 12.4. The van der Waals surface area contributed by atoms with Crippen LogP contribution in [0.25, 0.3) is 44.5 Å². The zero-order valence-corrected chi connectivity index (χ0v) is 53.4. The summed E-state index contributed by atoms with van der Waals surface area (Å²) in [5.41, 5.74) is 33.3. The van der Waals surface area contributed by atoms with Crippen LogP contribution in [0.15, 0.2) is 237 Å². The third-order valence-corrected chi connectivity index (χ3v) is 20.1. The summed E-state index contributed by atoms with van der Waals surface area (Å²) in [6, 6.07) is 91.1. The lowest BCUT2D eigenvalue weighted by molar-refractivity contribution is 0.590. The van der Waals surface area contributed by atoms with Crippen LogP contribution in [-0.4, -0.2) is 6.71 Å². The smallest absolute Gasteiger partial charge is 0.252 e. The second kappa shape index (κ2) is 19.7. The van der Waals surface area contributed by atoms with Gasteiger partial charge in [-0.2, -0.15) is 0 Å². The first kappa shape index (κ1) is 55.5. The molecule has 11 aromatic rings. The van der Waals surface area contributed by atoms with E-state index >= 15 is 0 Å². The topological polar surface area (TPSA) is 9.72 Å². The van der Waals surface area contributed by atoms with E-state index in [1.54, 1.807) is 0 Å². The quantitative estimate of drug-likeness (QED) is 0.147. The molecule has 0 radical (unpaired) electrons.